The van der Waals surface area contributed by atoms with Crippen LogP contribution >= 0.6 is 0 Å². The van der Waals surface area contributed by atoms with Crippen LogP contribution in [-0.2, 0) is 25.4 Å². The van der Waals surface area contributed by atoms with Crippen LogP contribution in [0.5, 0.6) is 5.88 Å². The van der Waals surface area contributed by atoms with Crippen LogP contribution in [-0.4, -0.2) is 67.9 Å². The van der Waals surface area contributed by atoms with E-state index < -0.39 is 17.5 Å². The van der Waals surface area contributed by atoms with E-state index in [1.54, 1.807) is 11.0 Å². The fraction of sp³-hybridized carbons (Fsp3) is 0.619. The number of nitrogens with zero attached hydrogens (tertiary/aromatic N) is 2. The lowest BCUT2D eigenvalue weighted by atomic mass is 9.88. The van der Waals surface area contributed by atoms with Gasteiger partial charge in [-0.1, -0.05) is 0 Å². The van der Waals surface area contributed by atoms with E-state index in [9.17, 15) is 14.4 Å². The standard InChI is InChI=1S/C21H30N2O7/c1-21(2,3)30-20(26)23-9-7-13(8-10-23)14-11-15(19(25)29-6)16(12-17(24)27-4)22-18(14)28-5/h11,13H,7-10,12H2,1-6H3. The number of pyridine rings is 1. The van der Waals surface area contributed by atoms with Crippen LogP contribution in [0.4, 0.5) is 4.79 Å². The van der Waals surface area contributed by atoms with E-state index in [1.165, 1.54) is 21.3 Å². The van der Waals surface area contributed by atoms with Gasteiger partial charge in [0.25, 0.3) is 0 Å². The van der Waals surface area contributed by atoms with Crippen molar-refractivity contribution in [3.63, 3.8) is 0 Å². The van der Waals surface area contributed by atoms with Crippen molar-refractivity contribution < 1.29 is 33.3 Å². The molecule has 0 aromatic carbocycles. The first-order chi connectivity index (χ1) is 14.1. The number of ether oxygens (including phenoxy) is 4. The van der Waals surface area contributed by atoms with E-state index in [0.29, 0.717) is 31.8 Å². The summed E-state index contributed by atoms with van der Waals surface area (Å²) in [5.74, 6) is -0.733. The van der Waals surface area contributed by atoms with E-state index in [1.807, 2.05) is 20.8 Å². The Bertz CT molecular complexity index is 793. The Morgan fingerprint density at radius 3 is 2.23 bits per heavy atom. The van der Waals surface area contributed by atoms with Crippen LogP contribution in [0.3, 0.4) is 0 Å². The monoisotopic (exact) mass is 422 g/mol. The Labute approximate surface area is 176 Å². The molecule has 1 aliphatic rings. The Hall–Kier alpha value is -2.84. The maximum Gasteiger partial charge on any atom is 0.410 e. The van der Waals surface area contributed by atoms with Crippen molar-refractivity contribution in [2.45, 2.75) is 51.6 Å². The molecule has 0 spiro atoms. The van der Waals surface area contributed by atoms with Crippen LogP contribution in [0.1, 0.15) is 61.1 Å². The molecule has 1 fully saturated rings. The molecular weight excluding hydrogens is 392 g/mol. The number of hydrogen-bond donors (Lipinski definition) is 0. The van der Waals surface area contributed by atoms with E-state index in [0.717, 1.165) is 5.56 Å². The van der Waals surface area contributed by atoms with Gasteiger partial charge in [-0.2, -0.15) is 0 Å². The molecule has 30 heavy (non-hydrogen) atoms. The van der Waals surface area contributed by atoms with Crippen molar-refractivity contribution in [1.82, 2.24) is 9.88 Å². The molecule has 0 aliphatic carbocycles. The first-order valence-electron chi connectivity index (χ1n) is 9.80. The molecule has 0 saturated carbocycles. The minimum absolute atomic E-state index is 0.0294. The molecule has 9 heteroatoms. The molecular formula is C21H30N2O7. The largest absolute Gasteiger partial charge is 0.481 e. The molecule has 0 atom stereocenters. The summed E-state index contributed by atoms with van der Waals surface area (Å²) in [4.78, 5) is 42.4. The maximum absolute atomic E-state index is 12.3. The summed E-state index contributed by atoms with van der Waals surface area (Å²) in [5, 5.41) is 0. The van der Waals surface area contributed by atoms with Crippen LogP contribution < -0.4 is 4.74 Å². The summed E-state index contributed by atoms with van der Waals surface area (Å²) in [6, 6.07) is 1.67. The number of hydrogen-bond acceptors (Lipinski definition) is 8. The first kappa shape index (κ1) is 23.4. The van der Waals surface area contributed by atoms with Gasteiger partial charge in [0.15, 0.2) is 0 Å². The minimum Gasteiger partial charge on any atom is -0.481 e. The molecule has 1 amide bonds. The molecule has 0 unspecified atom stereocenters. The fourth-order valence-electron chi connectivity index (χ4n) is 3.33. The predicted molar refractivity (Wildman–Crippen MR) is 108 cm³/mol. The van der Waals surface area contributed by atoms with Crippen molar-refractivity contribution in [3.05, 3.63) is 22.9 Å². The number of methoxy groups -OCH3 is 3. The van der Waals surface area contributed by atoms with Crippen LogP contribution in [0.25, 0.3) is 0 Å². The Morgan fingerprint density at radius 1 is 1.10 bits per heavy atom. The highest BCUT2D eigenvalue weighted by molar-refractivity contribution is 5.92. The lowest BCUT2D eigenvalue weighted by Gasteiger charge is -2.34. The number of piperidine rings is 1. The average Bonchev–Trinajstić information content (AvgIpc) is 2.71. The maximum atomic E-state index is 12.3. The number of carbonyl (C=O) groups is 3. The third kappa shape index (κ3) is 5.84. The number of rotatable bonds is 5. The molecule has 0 N–H and O–H groups in total. The molecule has 1 aromatic heterocycles. The highest BCUT2D eigenvalue weighted by Crippen LogP contribution is 2.35. The minimum atomic E-state index is -0.587. The Kier molecular flexibility index (Phi) is 7.64. The van der Waals surface area contributed by atoms with Crippen molar-refractivity contribution in [1.29, 1.82) is 0 Å². The van der Waals surface area contributed by atoms with Gasteiger partial charge >= 0.3 is 18.0 Å². The molecule has 1 aliphatic heterocycles. The molecule has 0 radical (unpaired) electrons. The highest BCUT2D eigenvalue weighted by atomic mass is 16.6. The SMILES string of the molecule is COC(=O)Cc1nc(OC)c(C2CCN(C(=O)OC(C)(C)C)CC2)cc1C(=O)OC. The van der Waals surface area contributed by atoms with Gasteiger partial charge < -0.3 is 23.8 Å². The van der Waals surface area contributed by atoms with Crippen molar-refractivity contribution in [2.75, 3.05) is 34.4 Å². The lowest BCUT2D eigenvalue weighted by molar-refractivity contribution is -0.139. The predicted octanol–water partition coefficient (Wildman–Crippen LogP) is 2.71. The normalized spacial score (nSPS) is 14.8. The first-order valence-corrected chi connectivity index (χ1v) is 9.80. The van der Waals surface area contributed by atoms with Gasteiger partial charge in [-0.3, -0.25) is 4.79 Å². The number of amides is 1. The summed E-state index contributed by atoms with van der Waals surface area (Å²) in [6.07, 6.45) is 0.812. The van der Waals surface area contributed by atoms with Gasteiger partial charge in [-0.05, 0) is 45.6 Å². The number of aromatic nitrogens is 1. The number of carbonyl (C=O) groups excluding carboxylic acids is 3. The second-order valence-electron chi connectivity index (χ2n) is 8.07. The number of esters is 2. The topological polar surface area (TPSA) is 104 Å². The van der Waals surface area contributed by atoms with E-state index in [2.05, 4.69) is 4.98 Å². The zero-order valence-electron chi connectivity index (χ0n) is 18.4. The van der Waals surface area contributed by atoms with Gasteiger partial charge in [0.1, 0.15) is 5.60 Å². The Balaban J connectivity index is 2.26. The fourth-order valence-corrected chi connectivity index (χ4v) is 3.33. The van der Waals surface area contributed by atoms with Gasteiger partial charge in [0.05, 0.1) is 39.0 Å². The lowest BCUT2D eigenvalue weighted by Crippen LogP contribution is -2.41. The molecule has 2 rings (SSSR count). The zero-order chi connectivity index (χ0) is 22.5. The third-order valence-electron chi connectivity index (χ3n) is 4.82. The number of likely N-dealkylation sites (tertiary alicyclic amines) is 1. The van der Waals surface area contributed by atoms with Crippen LogP contribution in [0.15, 0.2) is 6.07 Å². The van der Waals surface area contributed by atoms with Gasteiger partial charge in [0.2, 0.25) is 5.88 Å². The second-order valence-corrected chi connectivity index (χ2v) is 8.07. The third-order valence-corrected chi connectivity index (χ3v) is 4.82. The second kappa shape index (κ2) is 9.77. The zero-order valence-corrected chi connectivity index (χ0v) is 18.4. The van der Waals surface area contributed by atoms with Gasteiger partial charge in [0, 0.05) is 18.7 Å². The highest BCUT2D eigenvalue weighted by Gasteiger charge is 2.30. The molecule has 166 valence electrons. The Morgan fingerprint density at radius 2 is 1.73 bits per heavy atom. The van der Waals surface area contributed by atoms with Crippen LogP contribution in [0, 0.1) is 0 Å². The van der Waals surface area contributed by atoms with Gasteiger partial charge in [-0.25, -0.2) is 14.6 Å². The average molecular weight is 422 g/mol. The molecule has 1 saturated heterocycles. The van der Waals surface area contributed by atoms with E-state index in [4.69, 9.17) is 18.9 Å². The van der Waals surface area contributed by atoms with Crippen molar-refractivity contribution in [3.8, 4) is 5.88 Å². The van der Waals surface area contributed by atoms with Crippen molar-refractivity contribution >= 4 is 18.0 Å². The molecule has 9 nitrogen and oxygen atoms in total. The van der Waals surface area contributed by atoms with Crippen LogP contribution in [0.2, 0.25) is 0 Å². The molecule has 2 heterocycles. The summed E-state index contributed by atoms with van der Waals surface area (Å²) >= 11 is 0. The smallest absolute Gasteiger partial charge is 0.410 e. The summed E-state index contributed by atoms with van der Waals surface area (Å²) in [7, 11) is 4.03. The van der Waals surface area contributed by atoms with E-state index in [-0.39, 0.29) is 29.7 Å². The van der Waals surface area contributed by atoms with E-state index >= 15 is 0 Å². The molecule has 1 aromatic rings. The quantitative estimate of drug-likeness (QED) is 0.527. The summed E-state index contributed by atoms with van der Waals surface area (Å²) in [5.41, 5.74) is 0.635. The van der Waals surface area contributed by atoms with Gasteiger partial charge in [-0.15, -0.1) is 0 Å². The summed E-state index contributed by atoms with van der Waals surface area (Å²) in [6.45, 7) is 6.52. The van der Waals surface area contributed by atoms with Crippen molar-refractivity contribution in [2.24, 2.45) is 0 Å². The molecule has 0 bridgehead atoms. The summed E-state index contributed by atoms with van der Waals surface area (Å²) < 4.78 is 20.4.